The Labute approximate surface area is 178 Å². The van der Waals surface area contributed by atoms with Crippen molar-refractivity contribution in [2.24, 2.45) is 4.99 Å². The van der Waals surface area contributed by atoms with Crippen LogP contribution in [0.2, 0.25) is 0 Å². The molecule has 3 aromatic rings. The number of imidazole rings is 1. The number of hydrogen-bond acceptors (Lipinski definition) is 4. The van der Waals surface area contributed by atoms with E-state index in [2.05, 4.69) is 50.7 Å². The van der Waals surface area contributed by atoms with Gasteiger partial charge in [-0.1, -0.05) is 36.4 Å². The molecule has 1 aromatic carbocycles. The number of pyridine rings is 1. The molecule has 0 aliphatic heterocycles. The zero-order valence-electron chi connectivity index (χ0n) is 17.9. The van der Waals surface area contributed by atoms with E-state index in [0.717, 1.165) is 36.1 Å². The summed E-state index contributed by atoms with van der Waals surface area (Å²) < 4.78 is 7.86. The topological polar surface area (TPSA) is 76.4 Å². The second-order valence-electron chi connectivity index (χ2n) is 7.00. The zero-order valence-corrected chi connectivity index (χ0v) is 17.9. The summed E-state index contributed by atoms with van der Waals surface area (Å²) in [6, 6.07) is 14.3. The Morgan fingerprint density at radius 2 is 1.97 bits per heavy atom. The second kappa shape index (κ2) is 11.1. The van der Waals surface area contributed by atoms with Gasteiger partial charge in [-0.3, -0.25) is 9.56 Å². The third-order valence-corrected chi connectivity index (χ3v) is 4.82. The number of nitrogens with one attached hydrogen (secondary N) is 2. The molecule has 0 fully saturated rings. The Morgan fingerprint density at radius 1 is 1.13 bits per heavy atom. The molecule has 7 heteroatoms. The summed E-state index contributed by atoms with van der Waals surface area (Å²) in [7, 11) is 1.77. The van der Waals surface area contributed by atoms with Crippen molar-refractivity contribution < 1.29 is 4.74 Å². The standard InChI is InChI=1S/C23H30N6O/c1-18(21-8-5-4-6-9-21)30-15-7-12-26-23(24-3)28-17-20-10-11-22(27-16-20)29-14-13-25-19(29)2/h4-6,8-11,13-14,16,18H,7,12,15,17H2,1-3H3,(H2,24,26,28). The molecule has 0 aliphatic carbocycles. The van der Waals surface area contributed by atoms with Crippen LogP contribution in [0.15, 0.2) is 66.0 Å². The quantitative estimate of drug-likeness (QED) is 0.324. The molecule has 3 rings (SSSR count). The second-order valence-corrected chi connectivity index (χ2v) is 7.00. The predicted octanol–water partition coefficient (Wildman–Crippen LogP) is 3.41. The first kappa shape index (κ1) is 21.5. The van der Waals surface area contributed by atoms with E-state index in [1.54, 1.807) is 13.2 Å². The summed E-state index contributed by atoms with van der Waals surface area (Å²) in [5.41, 5.74) is 2.28. The van der Waals surface area contributed by atoms with Gasteiger partial charge in [-0.05, 0) is 37.5 Å². The Balaban J connectivity index is 1.36. The fourth-order valence-electron chi connectivity index (χ4n) is 3.05. The van der Waals surface area contributed by atoms with Crippen molar-refractivity contribution >= 4 is 5.96 Å². The van der Waals surface area contributed by atoms with E-state index >= 15 is 0 Å². The number of nitrogens with zero attached hydrogens (tertiary/aromatic N) is 4. The Morgan fingerprint density at radius 3 is 2.63 bits per heavy atom. The summed E-state index contributed by atoms with van der Waals surface area (Å²) >= 11 is 0. The van der Waals surface area contributed by atoms with Crippen LogP contribution in [-0.4, -0.2) is 40.7 Å². The van der Waals surface area contributed by atoms with Gasteiger partial charge in [0.15, 0.2) is 5.96 Å². The largest absolute Gasteiger partial charge is 0.374 e. The molecular weight excluding hydrogens is 376 g/mol. The number of guanidine groups is 1. The molecule has 1 atom stereocenters. The van der Waals surface area contributed by atoms with Crippen LogP contribution in [0.5, 0.6) is 0 Å². The molecule has 1 unspecified atom stereocenters. The van der Waals surface area contributed by atoms with Crippen LogP contribution in [0.1, 0.15) is 36.4 Å². The molecule has 2 heterocycles. The molecule has 0 amide bonds. The normalized spacial score (nSPS) is 12.6. The first-order valence-corrected chi connectivity index (χ1v) is 10.2. The minimum atomic E-state index is 0.102. The minimum absolute atomic E-state index is 0.102. The zero-order chi connectivity index (χ0) is 21.2. The Hall–Kier alpha value is -3.19. The van der Waals surface area contributed by atoms with Crippen molar-refractivity contribution in [1.29, 1.82) is 0 Å². The van der Waals surface area contributed by atoms with Crippen molar-refractivity contribution in [1.82, 2.24) is 25.2 Å². The van der Waals surface area contributed by atoms with Crippen LogP contribution in [0, 0.1) is 6.92 Å². The fourth-order valence-corrected chi connectivity index (χ4v) is 3.05. The lowest BCUT2D eigenvalue weighted by Gasteiger charge is -2.15. The summed E-state index contributed by atoms with van der Waals surface area (Å²) in [6.45, 7) is 6.17. The third-order valence-electron chi connectivity index (χ3n) is 4.82. The van der Waals surface area contributed by atoms with Gasteiger partial charge in [0.25, 0.3) is 0 Å². The molecule has 0 aliphatic rings. The van der Waals surface area contributed by atoms with Gasteiger partial charge < -0.3 is 15.4 Å². The fraction of sp³-hybridized carbons (Fsp3) is 0.348. The molecule has 0 saturated heterocycles. The Kier molecular flexibility index (Phi) is 7.97. The summed E-state index contributed by atoms with van der Waals surface area (Å²) in [4.78, 5) is 13.0. The molecule has 30 heavy (non-hydrogen) atoms. The highest BCUT2D eigenvalue weighted by Crippen LogP contribution is 2.15. The van der Waals surface area contributed by atoms with Gasteiger partial charge in [0.2, 0.25) is 0 Å². The molecule has 2 N–H and O–H groups in total. The summed E-state index contributed by atoms with van der Waals surface area (Å²) in [5.74, 6) is 2.54. The maximum absolute atomic E-state index is 5.91. The lowest BCUT2D eigenvalue weighted by atomic mass is 10.1. The number of hydrogen-bond donors (Lipinski definition) is 2. The van der Waals surface area contributed by atoms with Crippen LogP contribution in [0.3, 0.4) is 0 Å². The molecule has 0 saturated carbocycles. The highest BCUT2D eigenvalue weighted by molar-refractivity contribution is 5.79. The lowest BCUT2D eigenvalue weighted by molar-refractivity contribution is 0.0646. The minimum Gasteiger partial charge on any atom is -0.374 e. The molecule has 0 spiro atoms. The van der Waals surface area contributed by atoms with Crippen molar-refractivity contribution in [3.8, 4) is 5.82 Å². The average molecular weight is 407 g/mol. The number of rotatable bonds is 9. The van der Waals surface area contributed by atoms with Gasteiger partial charge >= 0.3 is 0 Å². The number of aromatic nitrogens is 3. The average Bonchev–Trinajstić information content (AvgIpc) is 3.22. The molecule has 0 radical (unpaired) electrons. The van der Waals surface area contributed by atoms with Crippen LogP contribution >= 0.6 is 0 Å². The van der Waals surface area contributed by atoms with Crippen molar-refractivity contribution in [2.75, 3.05) is 20.2 Å². The smallest absolute Gasteiger partial charge is 0.191 e. The third kappa shape index (κ3) is 6.15. The van der Waals surface area contributed by atoms with Gasteiger partial charge in [-0.25, -0.2) is 9.97 Å². The number of aliphatic imine (C=N–C) groups is 1. The van der Waals surface area contributed by atoms with Crippen LogP contribution < -0.4 is 10.6 Å². The maximum atomic E-state index is 5.91. The van der Waals surface area contributed by atoms with Crippen molar-refractivity contribution in [2.45, 2.75) is 32.9 Å². The number of ether oxygens (including phenoxy) is 1. The SMILES string of the molecule is CN=C(NCCCOC(C)c1ccccc1)NCc1ccc(-n2ccnc2C)nc1. The highest BCUT2D eigenvalue weighted by Gasteiger charge is 2.05. The van der Waals surface area contributed by atoms with Crippen molar-refractivity contribution in [3.05, 3.63) is 78.0 Å². The van der Waals surface area contributed by atoms with Gasteiger partial charge in [0.1, 0.15) is 11.6 Å². The van der Waals surface area contributed by atoms with Gasteiger partial charge in [0, 0.05) is 45.3 Å². The van der Waals surface area contributed by atoms with E-state index in [-0.39, 0.29) is 6.10 Å². The van der Waals surface area contributed by atoms with Gasteiger partial charge in [-0.15, -0.1) is 0 Å². The molecule has 0 bridgehead atoms. The Bertz CT molecular complexity index is 920. The van der Waals surface area contributed by atoms with E-state index in [0.29, 0.717) is 13.2 Å². The number of aryl methyl sites for hydroxylation is 1. The first-order valence-electron chi connectivity index (χ1n) is 10.2. The van der Waals surface area contributed by atoms with E-state index in [1.807, 2.05) is 48.1 Å². The number of benzene rings is 1. The van der Waals surface area contributed by atoms with Crippen LogP contribution in [0.25, 0.3) is 5.82 Å². The highest BCUT2D eigenvalue weighted by atomic mass is 16.5. The van der Waals surface area contributed by atoms with E-state index in [4.69, 9.17) is 4.74 Å². The van der Waals surface area contributed by atoms with Gasteiger partial charge in [0.05, 0.1) is 6.10 Å². The summed E-state index contributed by atoms with van der Waals surface area (Å²) in [6.07, 6.45) is 6.55. The molecule has 2 aromatic heterocycles. The monoisotopic (exact) mass is 406 g/mol. The lowest BCUT2D eigenvalue weighted by Crippen LogP contribution is -2.37. The van der Waals surface area contributed by atoms with Crippen molar-refractivity contribution in [3.63, 3.8) is 0 Å². The predicted molar refractivity (Wildman–Crippen MR) is 120 cm³/mol. The summed E-state index contributed by atoms with van der Waals surface area (Å²) in [5, 5.41) is 6.64. The van der Waals surface area contributed by atoms with Gasteiger partial charge in [-0.2, -0.15) is 0 Å². The maximum Gasteiger partial charge on any atom is 0.191 e. The molecule has 7 nitrogen and oxygen atoms in total. The molecular formula is C23H30N6O. The van der Waals surface area contributed by atoms with E-state index in [1.165, 1.54) is 5.56 Å². The molecule has 158 valence electrons. The first-order chi connectivity index (χ1) is 14.7. The van der Waals surface area contributed by atoms with Crippen LogP contribution in [-0.2, 0) is 11.3 Å². The van der Waals surface area contributed by atoms with Crippen LogP contribution in [0.4, 0.5) is 0 Å². The van der Waals surface area contributed by atoms with E-state index < -0.39 is 0 Å². The van der Waals surface area contributed by atoms with E-state index in [9.17, 15) is 0 Å².